The van der Waals surface area contributed by atoms with Crippen LogP contribution >= 0.6 is 0 Å². The van der Waals surface area contributed by atoms with E-state index in [1.165, 1.54) is 5.56 Å². The van der Waals surface area contributed by atoms with Gasteiger partial charge in [-0.3, -0.25) is 4.99 Å². The molecule has 0 aromatic heterocycles. The molecule has 0 fully saturated rings. The highest BCUT2D eigenvalue weighted by atomic mass is 16.5. The summed E-state index contributed by atoms with van der Waals surface area (Å²) in [6.45, 7) is 3.70. The van der Waals surface area contributed by atoms with Gasteiger partial charge < -0.3 is 9.84 Å². The molecule has 0 atom stereocenters. The number of rotatable bonds is 5. The van der Waals surface area contributed by atoms with Gasteiger partial charge in [-0.25, -0.2) is 4.79 Å². The highest BCUT2D eigenvalue weighted by Gasteiger charge is 2.04. The van der Waals surface area contributed by atoms with E-state index in [1.54, 1.807) is 18.3 Å². The van der Waals surface area contributed by atoms with E-state index in [-0.39, 0.29) is 6.61 Å². The Hall–Kier alpha value is -2.62. The van der Waals surface area contributed by atoms with Gasteiger partial charge in [0.05, 0.1) is 5.69 Å². The summed E-state index contributed by atoms with van der Waals surface area (Å²) in [4.78, 5) is 15.1. The van der Waals surface area contributed by atoms with Crippen LogP contribution < -0.4 is 4.74 Å². The van der Waals surface area contributed by atoms with Crippen molar-refractivity contribution in [1.29, 1.82) is 0 Å². The molecule has 4 nitrogen and oxygen atoms in total. The van der Waals surface area contributed by atoms with Gasteiger partial charge in [-0.2, -0.15) is 0 Å². The molecule has 0 radical (unpaired) electrons. The topological polar surface area (TPSA) is 58.9 Å². The fourth-order valence-electron chi connectivity index (χ4n) is 1.87. The van der Waals surface area contributed by atoms with Crippen molar-refractivity contribution in [3.05, 3.63) is 59.2 Å². The van der Waals surface area contributed by atoms with Crippen LogP contribution in [0.3, 0.4) is 0 Å². The summed E-state index contributed by atoms with van der Waals surface area (Å²) in [7, 11) is 0. The third-order valence-corrected chi connectivity index (χ3v) is 3.19. The normalized spacial score (nSPS) is 10.8. The maximum Gasteiger partial charge on any atom is 0.341 e. The Balaban J connectivity index is 2.24. The van der Waals surface area contributed by atoms with Crippen molar-refractivity contribution in [3.63, 3.8) is 0 Å². The van der Waals surface area contributed by atoms with Gasteiger partial charge in [0, 0.05) is 11.8 Å². The van der Waals surface area contributed by atoms with Gasteiger partial charge in [0.1, 0.15) is 5.75 Å². The Bertz CT molecular complexity index is 677. The van der Waals surface area contributed by atoms with Crippen LogP contribution in [-0.2, 0) is 4.79 Å². The van der Waals surface area contributed by atoms with Gasteiger partial charge in [-0.05, 0) is 43.2 Å². The number of aliphatic imine (C=N–C) groups is 1. The fourth-order valence-corrected chi connectivity index (χ4v) is 1.87. The van der Waals surface area contributed by atoms with E-state index in [0.29, 0.717) is 5.75 Å². The lowest BCUT2D eigenvalue weighted by Gasteiger charge is -2.07. The van der Waals surface area contributed by atoms with Gasteiger partial charge in [-0.15, -0.1) is 0 Å². The lowest BCUT2D eigenvalue weighted by atomic mass is 10.1. The Kier molecular flexibility index (Phi) is 4.72. The second-order valence-electron chi connectivity index (χ2n) is 4.70. The summed E-state index contributed by atoms with van der Waals surface area (Å²) in [6, 6.07) is 13.2. The zero-order chi connectivity index (χ0) is 15.2. The van der Waals surface area contributed by atoms with E-state index in [2.05, 4.69) is 4.99 Å². The van der Waals surface area contributed by atoms with Crippen molar-refractivity contribution < 1.29 is 14.6 Å². The zero-order valence-electron chi connectivity index (χ0n) is 12.0. The average molecular weight is 283 g/mol. The van der Waals surface area contributed by atoms with Crippen molar-refractivity contribution in [1.82, 2.24) is 0 Å². The van der Waals surface area contributed by atoms with E-state index >= 15 is 0 Å². The first kappa shape index (κ1) is 14.8. The lowest BCUT2D eigenvalue weighted by Crippen LogP contribution is -2.10. The summed E-state index contributed by atoms with van der Waals surface area (Å²) in [5.74, 6) is -0.495. The summed E-state index contributed by atoms with van der Waals surface area (Å²) in [5.41, 5.74) is 3.94. The number of para-hydroxylation sites is 1. The van der Waals surface area contributed by atoms with Gasteiger partial charge in [0.15, 0.2) is 6.61 Å². The van der Waals surface area contributed by atoms with Crippen molar-refractivity contribution >= 4 is 17.9 Å². The molecule has 0 spiro atoms. The molecule has 0 aliphatic rings. The van der Waals surface area contributed by atoms with Crippen LogP contribution in [0.15, 0.2) is 47.5 Å². The number of hydrogen-bond acceptors (Lipinski definition) is 3. The number of aliphatic carboxylic acids is 1. The highest BCUT2D eigenvalue weighted by Crippen LogP contribution is 2.22. The summed E-state index contributed by atoms with van der Waals surface area (Å²) in [5, 5.41) is 8.68. The molecular formula is C17H17NO3. The maximum absolute atomic E-state index is 10.6. The minimum absolute atomic E-state index is 0.367. The van der Waals surface area contributed by atoms with E-state index in [0.717, 1.165) is 16.8 Å². The number of carboxylic acid groups (broad SMARTS) is 1. The Morgan fingerprint density at radius 2 is 1.95 bits per heavy atom. The molecule has 0 saturated carbocycles. The van der Waals surface area contributed by atoms with Crippen molar-refractivity contribution in [2.75, 3.05) is 6.61 Å². The van der Waals surface area contributed by atoms with Gasteiger partial charge >= 0.3 is 5.97 Å². The Labute approximate surface area is 123 Å². The minimum Gasteiger partial charge on any atom is -0.481 e. The minimum atomic E-state index is -1.00. The summed E-state index contributed by atoms with van der Waals surface area (Å²) < 4.78 is 5.25. The second kappa shape index (κ2) is 6.70. The monoisotopic (exact) mass is 283 g/mol. The number of benzene rings is 2. The van der Waals surface area contributed by atoms with Crippen LogP contribution in [0.5, 0.6) is 5.75 Å². The SMILES string of the molecule is Cc1cccc(N=Cc2ccccc2OCC(=O)O)c1C. The molecule has 0 bridgehead atoms. The highest BCUT2D eigenvalue weighted by molar-refractivity contribution is 5.86. The first-order chi connectivity index (χ1) is 10.1. The smallest absolute Gasteiger partial charge is 0.341 e. The van der Waals surface area contributed by atoms with Crippen LogP contribution in [0.4, 0.5) is 5.69 Å². The Morgan fingerprint density at radius 1 is 1.19 bits per heavy atom. The van der Waals surface area contributed by atoms with Crippen molar-refractivity contribution in [3.8, 4) is 5.75 Å². The number of carbonyl (C=O) groups is 1. The quantitative estimate of drug-likeness (QED) is 0.854. The predicted molar refractivity (Wildman–Crippen MR) is 82.7 cm³/mol. The third-order valence-electron chi connectivity index (χ3n) is 3.19. The van der Waals surface area contributed by atoms with Gasteiger partial charge in [-0.1, -0.05) is 24.3 Å². The number of aryl methyl sites for hydroxylation is 1. The fraction of sp³-hybridized carbons (Fsp3) is 0.176. The standard InChI is InChI=1S/C17H17NO3/c1-12-6-5-8-15(13(12)2)18-10-14-7-3-4-9-16(14)21-11-17(19)20/h3-10H,11H2,1-2H3,(H,19,20). The molecule has 2 rings (SSSR count). The molecule has 21 heavy (non-hydrogen) atoms. The molecule has 0 amide bonds. The zero-order valence-corrected chi connectivity index (χ0v) is 12.0. The molecule has 0 aliphatic carbocycles. The number of nitrogens with zero attached hydrogens (tertiary/aromatic N) is 1. The number of hydrogen-bond donors (Lipinski definition) is 1. The largest absolute Gasteiger partial charge is 0.481 e. The average Bonchev–Trinajstić information content (AvgIpc) is 2.47. The molecule has 0 saturated heterocycles. The maximum atomic E-state index is 10.6. The van der Waals surface area contributed by atoms with E-state index in [4.69, 9.17) is 9.84 Å². The van der Waals surface area contributed by atoms with Gasteiger partial charge in [0.25, 0.3) is 0 Å². The molecule has 4 heteroatoms. The van der Waals surface area contributed by atoms with Gasteiger partial charge in [0.2, 0.25) is 0 Å². The first-order valence-electron chi connectivity index (χ1n) is 6.62. The molecule has 2 aromatic rings. The molecular weight excluding hydrogens is 266 g/mol. The molecule has 0 aliphatic heterocycles. The van der Waals surface area contributed by atoms with Crippen LogP contribution in [-0.4, -0.2) is 23.9 Å². The molecule has 0 heterocycles. The van der Waals surface area contributed by atoms with Crippen LogP contribution in [0, 0.1) is 13.8 Å². The first-order valence-corrected chi connectivity index (χ1v) is 6.62. The van der Waals surface area contributed by atoms with Crippen LogP contribution in [0.2, 0.25) is 0 Å². The van der Waals surface area contributed by atoms with Crippen LogP contribution in [0.1, 0.15) is 16.7 Å². The van der Waals surface area contributed by atoms with Crippen molar-refractivity contribution in [2.24, 2.45) is 4.99 Å². The molecule has 0 unspecified atom stereocenters. The third kappa shape index (κ3) is 3.92. The van der Waals surface area contributed by atoms with Crippen molar-refractivity contribution in [2.45, 2.75) is 13.8 Å². The molecule has 108 valence electrons. The van der Waals surface area contributed by atoms with E-state index in [9.17, 15) is 4.79 Å². The van der Waals surface area contributed by atoms with Crippen LogP contribution in [0.25, 0.3) is 0 Å². The molecule has 2 aromatic carbocycles. The number of ether oxygens (including phenoxy) is 1. The predicted octanol–water partition coefficient (Wildman–Crippen LogP) is 3.52. The summed E-state index contributed by atoms with van der Waals surface area (Å²) in [6.07, 6.45) is 1.69. The lowest BCUT2D eigenvalue weighted by molar-refractivity contribution is -0.139. The second-order valence-corrected chi connectivity index (χ2v) is 4.70. The van der Waals surface area contributed by atoms with E-state index < -0.39 is 5.97 Å². The molecule has 1 N–H and O–H groups in total. The van der Waals surface area contributed by atoms with E-state index in [1.807, 2.05) is 44.2 Å². The Morgan fingerprint density at radius 3 is 2.71 bits per heavy atom. The summed E-state index contributed by atoms with van der Waals surface area (Å²) >= 11 is 0. The number of carboxylic acids is 1.